The molecule has 1 heterocycles. The summed E-state index contributed by atoms with van der Waals surface area (Å²) < 4.78 is 7.34. The van der Waals surface area contributed by atoms with E-state index in [-0.39, 0.29) is 6.04 Å². The molecule has 0 aliphatic heterocycles. The molecule has 4 heteroatoms. The number of hydrogen-bond acceptors (Lipinski definition) is 2. The summed E-state index contributed by atoms with van der Waals surface area (Å²) in [6.45, 7) is 4.11. The lowest BCUT2D eigenvalue weighted by atomic mass is 10.1. The molecule has 0 saturated heterocycles. The first-order valence-electron chi connectivity index (χ1n) is 5.46. The number of hydrogen-bond donors (Lipinski definition) is 0. The molecule has 90 valence electrons. The SMILES string of the molecule is COc1cc([C@H](C)n2ccnc2C)ccc1Cl. The molecule has 0 radical (unpaired) electrons. The highest BCUT2D eigenvalue weighted by Gasteiger charge is 2.11. The maximum atomic E-state index is 6.01. The lowest BCUT2D eigenvalue weighted by Crippen LogP contribution is -2.07. The van der Waals surface area contributed by atoms with E-state index < -0.39 is 0 Å². The fourth-order valence-corrected chi connectivity index (χ4v) is 2.09. The first kappa shape index (κ1) is 12.0. The summed E-state index contributed by atoms with van der Waals surface area (Å²) in [7, 11) is 1.62. The van der Waals surface area contributed by atoms with E-state index in [4.69, 9.17) is 16.3 Å². The summed E-state index contributed by atoms with van der Waals surface area (Å²) in [6.07, 6.45) is 3.78. The normalized spacial score (nSPS) is 12.5. The molecule has 0 bridgehead atoms. The first-order chi connectivity index (χ1) is 8.13. The van der Waals surface area contributed by atoms with E-state index in [1.807, 2.05) is 31.3 Å². The molecule has 0 fully saturated rings. The quantitative estimate of drug-likeness (QED) is 0.834. The van der Waals surface area contributed by atoms with Gasteiger partial charge in [-0.3, -0.25) is 0 Å². The first-order valence-corrected chi connectivity index (χ1v) is 5.84. The molecular formula is C13H15ClN2O. The molecule has 0 aliphatic rings. The fourth-order valence-electron chi connectivity index (χ4n) is 1.89. The number of ether oxygens (including phenoxy) is 1. The second-order valence-corrected chi connectivity index (χ2v) is 4.36. The van der Waals surface area contributed by atoms with Crippen LogP contribution in [-0.2, 0) is 0 Å². The smallest absolute Gasteiger partial charge is 0.137 e. The highest BCUT2D eigenvalue weighted by Crippen LogP contribution is 2.29. The number of aryl methyl sites for hydroxylation is 1. The Morgan fingerprint density at radius 1 is 1.41 bits per heavy atom. The minimum Gasteiger partial charge on any atom is -0.495 e. The summed E-state index contributed by atoms with van der Waals surface area (Å²) in [5, 5.41) is 0.630. The fraction of sp³-hybridized carbons (Fsp3) is 0.308. The molecule has 0 amide bonds. The van der Waals surface area contributed by atoms with Gasteiger partial charge >= 0.3 is 0 Å². The molecule has 1 aromatic carbocycles. The van der Waals surface area contributed by atoms with Gasteiger partial charge < -0.3 is 9.30 Å². The number of aromatic nitrogens is 2. The topological polar surface area (TPSA) is 27.1 Å². The Kier molecular flexibility index (Phi) is 3.38. The van der Waals surface area contributed by atoms with Crippen LogP contribution in [0, 0.1) is 6.92 Å². The predicted molar refractivity (Wildman–Crippen MR) is 68.8 cm³/mol. The Hall–Kier alpha value is -1.48. The highest BCUT2D eigenvalue weighted by molar-refractivity contribution is 6.32. The van der Waals surface area contributed by atoms with E-state index in [2.05, 4.69) is 16.5 Å². The molecule has 1 aromatic heterocycles. The standard InChI is InChI=1S/C13H15ClN2O/c1-9(16-7-6-15-10(16)2)11-4-5-12(14)13(8-11)17-3/h4-9H,1-3H3/t9-/m0/s1. The number of halogens is 1. The van der Waals surface area contributed by atoms with Crippen molar-refractivity contribution in [3.05, 3.63) is 47.0 Å². The molecule has 2 aromatic rings. The maximum Gasteiger partial charge on any atom is 0.137 e. The minimum absolute atomic E-state index is 0.212. The van der Waals surface area contributed by atoms with Crippen LogP contribution in [0.2, 0.25) is 5.02 Å². The van der Waals surface area contributed by atoms with Crippen molar-refractivity contribution in [2.75, 3.05) is 7.11 Å². The summed E-state index contributed by atoms with van der Waals surface area (Å²) >= 11 is 6.01. The van der Waals surface area contributed by atoms with Crippen molar-refractivity contribution in [3.63, 3.8) is 0 Å². The number of imidazole rings is 1. The van der Waals surface area contributed by atoms with E-state index in [1.165, 1.54) is 0 Å². The van der Waals surface area contributed by atoms with E-state index in [9.17, 15) is 0 Å². The van der Waals surface area contributed by atoms with Gasteiger partial charge in [0.25, 0.3) is 0 Å². The van der Waals surface area contributed by atoms with Crippen molar-refractivity contribution in [2.24, 2.45) is 0 Å². The molecule has 0 N–H and O–H groups in total. The van der Waals surface area contributed by atoms with E-state index in [1.54, 1.807) is 13.3 Å². The number of rotatable bonds is 3. The van der Waals surface area contributed by atoms with Gasteiger partial charge in [-0.25, -0.2) is 4.98 Å². The molecule has 0 unspecified atom stereocenters. The number of benzene rings is 1. The second kappa shape index (κ2) is 4.80. The zero-order chi connectivity index (χ0) is 12.4. The van der Waals surface area contributed by atoms with Gasteiger partial charge in [0, 0.05) is 12.4 Å². The Morgan fingerprint density at radius 2 is 2.18 bits per heavy atom. The van der Waals surface area contributed by atoms with Crippen LogP contribution in [0.4, 0.5) is 0 Å². The van der Waals surface area contributed by atoms with Crippen LogP contribution in [0.15, 0.2) is 30.6 Å². The van der Waals surface area contributed by atoms with Gasteiger partial charge in [-0.05, 0) is 31.5 Å². The third-order valence-electron chi connectivity index (χ3n) is 2.94. The van der Waals surface area contributed by atoms with Crippen LogP contribution in [0.25, 0.3) is 0 Å². The molecule has 2 rings (SSSR count). The van der Waals surface area contributed by atoms with Crippen molar-refractivity contribution in [1.29, 1.82) is 0 Å². The highest BCUT2D eigenvalue weighted by atomic mass is 35.5. The van der Waals surface area contributed by atoms with Gasteiger partial charge in [0.15, 0.2) is 0 Å². The van der Waals surface area contributed by atoms with Gasteiger partial charge in [0.05, 0.1) is 18.2 Å². The maximum absolute atomic E-state index is 6.01. The Bertz CT molecular complexity index is 522. The zero-order valence-electron chi connectivity index (χ0n) is 10.1. The van der Waals surface area contributed by atoms with Crippen LogP contribution >= 0.6 is 11.6 Å². The molecular weight excluding hydrogens is 236 g/mol. The Balaban J connectivity index is 2.38. The van der Waals surface area contributed by atoms with Crippen molar-refractivity contribution in [2.45, 2.75) is 19.9 Å². The molecule has 17 heavy (non-hydrogen) atoms. The molecule has 0 saturated carbocycles. The lowest BCUT2D eigenvalue weighted by Gasteiger charge is -2.16. The van der Waals surface area contributed by atoms with Crippen molar-refractivity contribution >= 4 is 11.6 Å². The summed E-state index contributed by atoms with van der Waals surface area (Å²) in [5.74, 6) is 1.69. The molecule has 0 aliphatic carbocycles. The van der Waals surface area contributed by atoms with Crippen LogP contribution in [-0.4, -0.2) is 16.7 Å². The van der Waals surface area contributed by atoms with Gasteiger partial charge in [-0.15, -0.1) is 0 Å². The average molecular weight is 251 g/mol. The lowest BCUT2D eigenvalue weighted by molar-refractivity contribution is 0.413. The number of nitrogens with zero attached hydrogens (tertiary/aromatic N) is 2. The van der Waals surface area contributed by atoms with Gasteiger partial charge in [0.2, 0.25) is 0 Å². The van der Waals surface area contributed by atoms with Crippen molar-refractivity contribution in [3.8, 4) is 5.75 Å². The van der Waals surface area contributed by atoms with Crippen LogP contribution in [0.3, 0.4) is 0 Å². The number of methoxy groups -OCH3 is 1. The summed E-state index contributed by atoms with van der Waals surface area (Å²) in [6, 6.07) is 6.04. The van der Waals surface area contributed by atoms with Crippen molar-refractivity contribution in [1.82, 2.24) is 9.55 Å². The van der Waals surface area contributed by atoms with Crippen LogP contribution < -0.4 is 4.74 Å². The van der Waals surface area contributed by atoms with Crippen LogP contribution in [0.1, 0.15) is 24.4 Å². The average Bonchev–Trinajstić information content (AvgIpc) is 2.75. The minimum atomic E-state index is 0.212. The third kappa shape index (κ3) is 2.29. The zero-order valence-corrected chi connectivity index (χ0v) is 10.9. The Labute approximate surface area is 106 Å². The molecule has 0 spiro atoms. The monoisotopic (exact) mass is 250 g/mol. The molecule has 1 atom stereocenters. The van der Waals surface area contributed by atoms with Gasteiger partial charge in [-0.1, -0.05) is 17.7 Å². The third-order valence-corrected chi connectivity index (χ3v) is 3.25. The largest absolute Gasteiger partial charge is 0.495 e. The van der Waals surface area contributed by atoms with Crippen molar-refractivity contribution < 1.29 is 4.74 Å². The second-order valence-electron chi connectivity index (χ2n) is 3.95. The van der Waals surface area contributed by atoms with E-state index >= 15 is 0 Å². The van der Waals surface area contributed by atoms with E-state index in [0.29, 0.717) is 10.8 Å². The predicted octanol–water partition coefficient (Wildman–Crippen LogP) is 3.46. The molecule has 3 nitrogen and oxygen atoms in total. The van der Waals surface area contributed by atoms with Gasteiger partial charge in [0.1, 0.15) is 11.6 Å². The van der Waals surface area contributed by atoms with Gasteiger partial charge in [-0.2, -0.15) is 0 Å². The summed E-state index contributed by atoms with van der Waals surface area (Å²) in [5.41, 5.74) is 1.15. The Morgan fingerprint density at radius 3 is 2.76 bits per heavy atom. The van der Waals surface area contributed by atoms with Crippen LogP contribution in [0.5, 0.6) is 5.75 Å². The van der Waals surface area contributed by atoms with E-state index in [0.717, 1.165) is 11.4 Å². The summed E-state index contributed by atoms with van der Waals surface area (Å²) in [4.78, 5) is 4.23.